The molecule has 0 saturated heterocycles. The molecule has 0 aliphatic carbocycles. The van der Waals surface area contributed by atoms with Crippen LogP contribution in [0.2, 0.25) is 5.15 Å². The van der Waals surface area contributed by atoms with E-state index in [9.17, 15) is 9.59 Å². The Balaban J connectivity index is 2.53. The molecular weight excluding hydrogens is 254 g/mol. The van der Waals surface area contributed by atoms with E-state index >= 15 is 0 Å². The van der Waals surface area contributed by atoms with Gasteiger partial charge in [-0.3, -0.25) is 9.59 Å². The van der Waals surface area contributed by atoms with Crippen LogP contribution in [0.1, 0.15) is 30.6 Å². The standard InChI is InChI=1S/C12H16ClN3O2/c1-3-6-14-11(17)8(2)16-12(18)9-4-5-10(13)15-7-9/h4-5,7-8H,3,6H2,1-2H3,(H,14,17)(H,16,18)/t8-/m0/s1. The zero-order valence-electron chi connectivity index (χ0n) is 10.4. The van der Waals surface area contributed by atoms with E-state index in [1.54, 1.807) is 13.0 Å². The molecule has 0 aromatic carbocycles. The highest BCUT2D eigenvalue weighted by Gasteiger charge is 2.15. The maximum Gasteiger partial charge on any atom is 0.253 e. The molecular formula is C12H16ClN3O2. The lowest BCUT2D eigenvalue weighted by Gasteiger charge is -2.13. The summed E-state index contributed by atoms with van der Waals surface area (Å²) in [5, 5.41) is 5.62. The summed E-state index contributed by atoms with van der Waals surface area (Å²) >= 11 is 5.62. The predicted octanol–water partition coefficient (Wildman–Crippen LogP) is 1.38. The van der Waals surface area contributed by atoms with Gasteiger partial charge in [0.05, 0.1) is 5.56 Å². The van der Waals surface area contributed by atoms with Crippen molar-refractivity contribution in [1.82, 2.24) is 15.6 Å². The second-order valence-corrected chi connectivity index (χ2v) is 4.24. The summed E-state index contributed by atoms with van der Waals surface area (Å²) in [4.78, 5) is 27.1. The normalized spacial score (nSPS) is 11.7. The molecule has 0 saturated carbocycles. The van der Waals surface area contributed by atoms with Crippen molar-refractivity contribution in [3.63, 3.8) is 0 Å². The fourth-order valence-corrected chi connectivity index (χ4v) is 1.37. The van der Waals surface area contributed by atoms with Crippen molar-refractivity contribution in [3.8, 4) is 0 Å². The van der Waals surface area contributed by atoms with Crippen molar-refractivity contribution in [2.24, 2.45) is 0 Å². The molecule has 0 aliphatic heterocycles. The van der Waals surface area contributed by atoms with Gasteiger partial charge in [0, 0.05) is 12.7 Å². The van der Waals surface area contributed by atoms with E-state index in [4.69, 9.17) is 11.6 Å². The molecule has 1 rings (SSSR count). The lowest BCUT2D eigenvalue weighted by atomic mass is 10.2. The number of amides is 2. The van der Waals surface area contributed by atoms with Crippen LogP contribution in [-0.4, -0.2) is 29.4 Å². The molecule has 0 unspecified atom stereocenters. The second-order valence-electron chi connectivity index (χ2n) is 3.86. The van der Waals surface area contributed by atoms with Crippen LogP contribution in [0.25, 0.3) is 0 Å². The largest absolute Gasteiger partial charge is 0.354 e. The van der Waals surface area contributed by atoms with Gasteiger partial charge in [-0.1, -0.05) is 18.5 Å². The first-order chi connectivity index (χ1) is 8.54. The Morgan fingerprint density at radius 3 is 2.72 bits per heavy atom. The highest BCUT2D eigenvalue weighted by Crippen LogP contribution is 2.05. The molecule has 98 valence electrons. The SMILES string of the molecule is CCCNC(=O)[C@H](C)NC(=O)c1ccc(Cl)nc1. The second kappa shape index (κ2) is 6.96. The zero-order chi connectivity index (χ0) is 13.5. The maximum absolute atomic E-state index is 11.8. The molecule has 0 spiro atoms. The van der Waals surface area contributed by atoms with Crippen LogP contribution in [0.5, 0.6) is 0 Å². The van der Waals surface area contributed by atoms with Crippen LogP contribution >= 0.6 is 11.6 Å². The first kappa shape index (κ1) is 14.4. The summed E-state index contributed by atoms with van der Waals surface area (Å²) in [5.41, 5.74) is 0.370. The first-order valence-corrected chi connectivity index (χ1v) is 6.12. The molecule has 0 fully saturated rings. The number of carbonyl (C=O) groups excluding carboxylic acids is 2. The first-order valence-electron chi connectivity index (χ1n) is 5.74. The van der Waals surface area contributed by atoms with Gasteiger partial charge in [0.2, 0.25) is 5.91 Å². The molecule has 0 aliphatic rings. The van der Waals surface area contributed by atoms with Crippen LogP contribution < -0.4 is 10.6 Å². The molecule has 2 amide bonds. The molecule has 2 N–H and O–H groups in total. The van der Waals surface area contributed by atoms with Crippen molar-refractivity contribution < 1.29 is 9.59 Å². The Bertz CT molecular complexity index is 420. The number of nitrogens with zero attached hydrogens (tertiary/aromatic N) is 1. The quantitative estimate of drug-likeness (QED) is 0.794. The Hall–Kier alpha value is -1.62. The van der Waals surface area contributed by atoms with Crippen LogP contribution in [0.4, 0.5) is 0 Å². The van der Waals surface area contributed by atoms with Gasteiger partial charge in [-0.25, -0.2) is 4.98 Å². The Morgan fingerprint density at radius 1 is 1.44 bits per heavy atom. The van der Waals surface area contributed by atoms with E-state index < -0.39 is 6.04 Å². The lowest BCUT2D eigenvalue weighted by Crippen LogP contribution is -2.45. The van der Waals surface area contributed by atoms with Crippen LogP contribution in [-0.2, 0) is 4.79 Å². The van der Waals surface area contributed by atoms with Crippen LogP contribution in [0.3, 0.4) is 0 Å². The van der Waals surface area contributed by atoms with Gasteiger partial charge in [-0.05, 0) is 25.5 Å². The van der Waals surface area contributed by atoms with Gasteiger partial charge >= 0.3 is 0 Å². The highest BCUT2D eigenvalue weighted by molar-refractivity contribution is 6.29. The zero-order valence-corrected chi connectivity index (χ0v) is 11.1. The molecule has 0 radical (unpaired) electrons. The average molecular weight is 270 g/mol. The number of carbonyl (C=O) groups is 2. The number of hydrogen-bond donors (Lipinski definition) is 2. The van der Waals surface area contributed by atoms with Gasteiger partial charge < -0.3 is 10.6 Å². The van der Waals surface area contributed by atoms with E-state index in [0.717, 1.165) is 6.42 Å². The molecule has 1 heterocycles. The van der Waals surface area contributed by atoms with E-state index in [1.807, 2.05) is 6.92 Å². The number of halogens is 1. The lowest BCUT2D eigenvalue weighted by molar-refractivity contribution is -0.122. The summed E-state index contributed by atoms with van der Waals surface area (Å²) in [5.74, 6) is -0.551. The number of pyridine rings is 1. The molecule has 1 aromatic heterocycles. The van der Waals surface area contributed by atoms with Crippen LogP contribution in [0, 0.1) is 0 Å². The van der Waals surface area contributed by atoms with Gasteiger partial charge in [-0.2, -0.15) is 0 Å². The minimum atomic E-state index is -0.584. The maximum atomic E-state index is 11.8. The highest BCUT2D eigenvalue weighted by atomic mass is 35.5. The molecule has 1 aromatic rings. The van der Waals surface area contributed by atoms with E-state index in [0.29, 0.717) is 17.3 Å². The van der Waals surface area contributed by atoms with Crippen molar-refractivity contribution >= 4 is 23.4 Å². The van der Waals surface area contributed by atoms with Gasteiger partial charge in [0.25, 0.3) is 5.91 Å². The smallest absolute Gasteiger partial charge is 0.253 e. The van der Waals surface area contributed by atoms with Crippen molar-refractivity contribution in [2.45, 2.75) is 26.3 Å². The Kier molecular flexibility index (Phi) is 5.58. The molecule has 6 heteroatoms. The minimum Gasteiger partial charge on any atom is -0.354 e. The number of hydrogen-bond acceptors (Lipinski definition) is 3. The third-order valence-corrected chi connectivity index (χ3v) is 2.50. The predicted molar refractivity (Wildman–Crippen MR) is 69.5 cm³/mol. The number of rotatable bonds is 5. The third-order valence-electron chi connectivity index (χ3n) is 2.28. The average Bonchev–Trinajstić information content (AvgIpc) is 2.36. The summed E-state index contributed by atoms with van der Waals surface area (Å²) in [6.45, 7) is 4.19. The van der Waals surface area contributed by atoms with E-state index in [-0.39, 0.29) is 11.8 Å². The topological polar surface area (TPSA) is 71.1 Å². The fourth-order valence-electron chi connectivity index (χ4n) is 1.26. The summed E-state index contributed by atoms with van der Waals surface area (Å²) in [6.07, 6.45) is 2.22. The van der Waals surface area contributed by atoms with Crippen LogP contribution in [0.15, 0.2) is 18.3 Å². The number of nitrogens with one attached hydrogen (secondary N) is 2. The molecule has 0 bridgehead atoms. The van der Waals surface area contributed by atoms with E-state index in [1.165, 1.54) is 12.3 Å². The summed E-state index contributed by atoms with van der Waals surface area (Å²) in [6, 6.07) is 2.50. The molecule has 1 atom stereocenters. The van der Waals surface area contributed by atoms with Gasteiger partial charge in [-0.15, -0.1) is 0 Å². The van der Waals surface area contributed by atoms with Gasteiger partial charge in [0.1, 0.15) is 11.2 Å². The molecule has 5 nitrogen and oxygen atoms in total. The van der Waals surface area contributed by atoms with Gasteiger partial charge in [0.15, 0.2) is 0 Å². The molecule has 18 heavy (non-hydrogen) atoms. The third kappa shape index (κ3) is 4.33. The minimum absolute atomic E-state index is 0.202. The Morgan fingerprint density at radius 2 is 2.17 bits per heavy atom. The summed E-state index contributed by atoms with van der Waals surface area (Å²) < 4.78 is 0. The van der Waals surface area contributed by atoms with Crippen molar-refractivity contribution in [1.29, 1.82) is 0 Å². The monoisotopic (exact) mass is 269 g/mol. The Labute approximate surface area is 111 Å². The summed E-state index contributed by atoms with van der Waals surface area (Å²) in [7, 11) is 0. The number of aromatic nitrogens is 1. The fraction of sp³-hybridized carbons (Fsp3) is 0.417. The van der Waals surface area contributed by atoms with Crippen molar-refractivity contribution in [2.75, 3.05) is 6.54 Å². The van der Waals surface area contributed by atoms with E-state index in [2.05, 4.69) is 15.6 Å². The van der Waals surface area contributed by atoms with Crippen molar-refractivity contribution in [3.05, 3.63) is 29.0 Å².